The molecule has 0 saturated carbocycles. The van der Waals surface area contributed by atoms with Gasteiger partial charge in [0.2, 0.25) is 0 Å². The van der Waals surface area contributed by atoms with E-state index in [9.17, 15) is 0 Å². The lowest BCUT2D eigenvalue weighted by atomic mass is 9.94. The van der Waals surface area contributed by atoms with Crippen LogP contribution in [-0.4, -0.2) is 53.1 Å². The molecule has 1 N–H and O–H groups in total. The van der Waals surface area contributed by atoms with Gasteiger partial charge in [0.05, 0.1) is 44.5 Å². The minimum Gasteiger partial charge on any atom is -0.394 e. The molecular weight excluding hydrogens is 260 g/mol. The van der Waals surface area contributed by atoms with Gasteiger partial charge < -0.3 is 14.6 Å². The molecule has 0 aliphatic carbocycles. The Kier molecular flexibility index (Phi) is 5.92. The summed E-state index contributed by atoms with van der Waals surface area (Å²) in [7, 11) is 0. The fourth-order valence-electron chi connectivity index (χ4n) is 2.46. The first-order chi connectivity index (χ1) is 9.86. The molecule has 0 unspecified atom stereocenters. The zero-order chi connectivity index (χ0) is 14.2. The molecule has 0 aromatic carbocycles. The summed E-state index contributed by atoms with van der Waals surface area (Å²) in [5, 5.41) is 25.8. The largest absolute Gasteiger partial charge is 0.394 e. The SMILES string of the molecule is N#CCc1nnn(CCOCCO)c1C1CCOCC1. The van der Waals surface area contributed by atoms with E-state index in [4.69, 9.17) is 19.8 Å². The molecule has 0 bridgehead atoms. The minimum absolute atomic E-state index is 0.0177. The Morgan fingerprint density at radius 2 is 2.20 bits per heavy atom. The van der Waals surface area contributed by atoms with Crippen LogP contribution in [0, 0.1) is 11.3 Å². The second-order valence-corrected chi connectivity index (χ2v) is 4.70. The van der Waals surface area contributed by atoms with Gasteiger partial charge in [-0.3, -0.25) is 0 Å². The molecule has 0 atom stereocenters. The predicted molar refractivity (Wildman–Crippen MR) is 70.0 cm³/mol. The molecule has 110 valence electrons. The number of nitriles is 1. The number of hydrogen-bond acceptors (Lipinski definition) is 6. The molecule has 0 amide bonds. The van der Waals surface area contributed by atoms with Crippen LogP contribution in [0.4, 0.5) is 0 Å². The summed E-state index contributed by atoms with van der Waals surface area (Å²) < 4.78 is 12.5. The van der Waals surface area contributed by atoms with Gasteiger partial charge in [-0.1, -0.05) is 5.21 Å². The lowest BCUT2D eigenvalue weighted by molar-refractivity contribution is 0.0773. The maximum atomic E-state index is 8.89. The molecular formula is C13H20N4O3. The van der Waals surface area contributed by atoms with E-state index in [1.807, 2.05) is 4.68 Å². The van der Waals surface area contributed by atoms with Gasteiger partial charge in [0.1, 0.15) is 5.69 Å². The first-order valence-electron chi connectivity index (χ1n) is 6.92. The van der Waals surface area contributed by atoms with Gasteiger partial charge in [0.25, 0.3) is 0 Å². The Bertz CT molecular complexity index is 449. The van der Waals surface area contributed by atoms with Crippen LogP contribution in [0.3, 0.4) is 0 Å². The summed E-state index contributed by atoms with van der Waals surface area (Å²) in [5.41, 5.74) is 1.81. The van der Waals surface area contributed by atoms with Crippen LogP contribution in [0.1, 0.15) is 30.1 Å². The highest BCUT2D eigenvalue weighted by Gasteiger charge is 2.24. The molecule has 1 saturated heterocycles. The molecule has 1 aliphatic heterocycles. The molecule has 7 nitrogen and oxygen atoms in total. The molecule has 0 radical (unpaired) electrons. The summed E-state index contributed by atoms with van der Waals surface area (Å²) in [5.74, 6) is 0.347. The summed E-state index contributed by atoms with van der Waals surface area (Å²) in [4.78, 5) is 0. The van der Waals surface area contributed by atoms with Crippen LogP contribution >= 0.6 is 0 Å². The van der Waals surface area contributed by atoms with E-state index in [-0.39, 0.29) is 13.0 Å². The minimum atomic E-state index is 0.0177. The lowest BCUT2D eigenvalue weighted by Gasteiger charge is -2.23. The quantitative estimate of drug-likeness (QED) is 0.719. The summed E-state index contributed by atoms with van der Waals surface area (Å²) in [6, 6.07) is 2.14. The van der Waals surface area contributed by atoms with Crippen LogP contribution in [-0.2, 0) is 22.4 Å². The van der Waals surface area contributed by atoms with Gasteiger partial charge in [-0.05, 0) is 12.8 Å². The van der Waals surface area contributed by atoms with Crippen molar-refractivity contribution in [3.8, 4) is 6.07 Å². The second-order valence-electron chi connectivity index (χ2n) is 4.70. The maximum absolute atomic E-state index is 8.89. The van der Waals surface area contributed by atoms with Gasteiger partial charge in [0.15, 0.2) is 0 Å². The Hall–Kier alpha value is -1.49. The Balaban J connectivity index is 2.07. The number of aliphatic hydroxyl groups excluding tert-OH is 1. The normalized spacial score (nSPS) is 16.2. The van der Waals surface area contributed by atoms with Crippen molar-refractivity contribution in [2.24, 2.45) is 0 Å². The topological polar surface area (TPSA) is 93.2 Å². The van der Waals surface area contributed by atoms with Gasteiger partial charge >= 0.3 is 0 Å². The molecule has 1 fully saturated rings. The monoisotopic (exact) mass is 280 g/mol. The van der Waals surface area contributed by atoms with E-state index in [2.05, 4.69) is 16.4 Å². The highest BCUT2D eigenvalue weighted by atomic mass is 16.5. The number of rotatable bonds is 7. The number of hydrogen-bond donors (Lipinski definition) is 1. The molecule has 2 rings (SSSR count). The summed E-state index contributed by atoms with van der Waals surface area (Å²) in [6.07, 6.45) is 2.15. The Morgan fingerprint density at radius 1 is 1.40 bits per heavy atom. The number of ether oxygens (including phenoxy) is 2. The third-order valence-corrected chi connectivity index (χ3v) is 3.38. The third-order valence-electron chi connectivity index (χ3n) is 3.38. The molecule has 2 heterocycles. The van der Waals surface area contributed by atoms with E-state index in [0.29, 0.717) is 25.7 Å². The van der Waals surface area contributed by atoms with Crippen molar-refractivity contribution in [2.75, 3.05) is 33.0 Å². The molecule has 1 aromatic rings. The van der Waals surface area contributed by atoms with Crippen LogP contribution in [0.15, 0.2) is 0 Å². The average molecular weight is 280 g/mol. The highest BCUT2D eigenvalue weighted by Crippen LogP contribution is 2.28. The first-order valence-corrected chi connectivity index (χ1v) is 6.92. The van der Waals surface area contributed by atoms with Crippen molar-refractivity contribution >= 4 is 0 Å². The summed E-state index contributed by atoms with van der Waals surface area (Å²) in [6.45, 7) is 2.89. The number of nitrogens with zero attached hydrogens (tertiary/aromatic N) is 4. The third kappa shape index (κ3) is 3.76. The number of aliphatic hydroxyl groups is 1. The van der Waals surface area contributed by atoms with Crippen LogP contribution in [0.5, 0.6) is 0 Å². The highest BCUT2D eigenvalue weighted by molar-refractivity contribution is 5.19. The fourth-order valence-corrected chi connectivity index (χ4v) is 2.46. The van der Waals surface area contributed by atoms with Gasteiger partial charge in [-0.25, -0.2) is 4.68 Å². The molecule has 0 spiro atoms. The Morgan fingerprint density at radius 3 is 2.90 bits per heavy atom. The standard InChI is InChI=1S/C13H20N4O3/c14-4-1-12-13(11-2-7-19-8-3-11)17(16-15-12)5-9-20-10-6-18/h11,18H,1-3,5-10H2. The van der Waals surface area contributed by atoms with E-state index < -0.39 is 0 Å². The van der Waals surface area contributed by atoms with E-state index in [1.54, 1.807) is 0 Å². The fraction of sp³-hybridized carbons (Fsp3) is 0.769. The van der Waals surface area contributed by atoms with Crippen molar-refractivity contribution in [2.45, 2.75) is 31.7 Å². The zero-order valence-corrected chi connectivity index (χ0v) is 11.5. The number of aromatic nitrogens is 3. The zero-order valence-electron chi connectivity index (χ0n) is 11.5. The molecule has 20 heavy (non-hydrogen) atoms. The maximum Gasteiger partial charge on any atom is 0.100 e. The predicted octanol–water partition coefficient (Wildman–Crippen LogP) is 0.247. The second kappa shape index (κ2) is 7.94. The smallest absolute Gasteiger partial charge is 0.100 e. The van der Waals surface area contributed by atoms with Crippen LogP contribution in [0.25, 0.3) is 0 Å². The van der Waals surface area contributed by atoms with Crippen molar-refractivity contribution in [1.82, 2.24) is 15.0 Å². The van der Waals surface area contributed by atoms with E-state index >= 15 is 0 Å². The average Bonchev–Trinajstić information content (AvgIpc) is 2.88. The van der Waals surface area contributed by atoms with E-state index in [0.717, 1.165) is 37.4 Å². The van der Waals surface area contributed by atoms with Crippen molar-refractivity contribution in [1.29, 1.82) is 5.26 Å². The molecule has 1 aromatic heterocycles. The van der Waals surface area contributed by atoms with Crippen molar-refractivity contribution in [3.63, 3.8) is 0 Å². The van der Waals surface area contributed by atoms with Crippen LogP contribution < -0.4 is 0 Å². The first kappa shape index (κ1) is 14.9. The lowest BCUT2D eigenvalue weighted by Crippen LogP contribution is -2.20. The summed E-state index contributed by atoms with van der Waals surface area (Å²) >= 11 is 0. The van der Waals surface area contributed by atoms with Gasteiger partial charge in [-0.2, -0.15) is 5.26 Å². The van der Waals surface area contributed by atoms with Gasteiger partial charge in [-0.15, -0.1) is 5.10 Å². The van der Waals surface area contributed by atoms with Gasteiger partial charge in [0, 0.05) is 19.1 Å². The Labute approximate surface area is 118 Å². The van der Waals surface area contributed by atoms with Crippen molar-refractivity contribution < 1.29 is 14.6 Å². The molecule has 7 heteroatoms. The van der Waals surface area contributed by atoms with Crippen molar-refractivity contribution in [3.05, 3.63) is 11.4 Å². The van der Waals surface area contributed by atoms with E-state index in [1.165, 1.54) is 0 Å². The van der Waals surface area contributed by atoms with Crippen LogP contribution in [0.2, 0.25) is 0 Å². The molecule has 1 aliphatic rings.